The van der Waals surface area contributed by atoms with E-state index in [4.69, 9.17) is 0 Å². The van der Waals surface area contributed by atoms with Crippen LogP contribution >= 0.6 is 0 Å². The monoisotopic (exact) mass is 218 g/mol. The second-order valence-electron chi connectivity index (χ2n) is 3.39. The van der Waals surface area contributed by atoms with Gasteiger partial charge in [-0.3, -0.25) is 0 Å². The first-order chi connectivity index (χ1) is 7.77. The van der Waals surface area contributed by atoms with Gasteiger partial charge >= 0.3 is 12.1 Å². The van der Waals surface area contributed by atoms with E-state index in [0.717, 1.165) is 10.5 Å². The number of benzene rings is 1. The van der Waals surface area contributed by atoms with Crippen LogP contribution in [0.25, 0.3) is 0 Å². The van der Waals surface area contributed by atoms with Gasteiger partial charge in [0.15, 0.2) is 0 Å². The van der Waals surface area contributed by atoms with Crippen molar-refractivity contribution in [2.75, 3.05) is 13.1 Å². The number of imide groups is 1. The van der Waals surface area contributed by atoms with Crippen LogP contribution in [-0.2, 0) is 0 Å². The summed E-state index contributed by atoms with van der Waals surface area (Å²) in [6.07, 6.45) is 0. The van der Waals surface area contributed by atoms with Gasteiger partial charge < -0.3 is 10.6 Å². The summed E-state index contributed by atoms with van der Waals surface area (Å²) in [6, 6.07) is 8.63. The van der Waals surface area contributed by atoms with Crippen molar-refractivity contribution in [2.45, 2.75) is 0 Å². The minimum Gasteiger partial charge on any atom is -0.336 e. The van der Waals surface area contributed by atoms with Gasteiger partial charge in [-0.25, -0.2) is 14.5 Å². The molecule has 0 saturated carbocycles. The third-order valence-electron chi connectivity index (χ3n) is 2.26. The molecular formula is C11H12N3O2. The van der Waals surface area contributed by atoms with E-state index < -0.39 is 6.03 Å². The standard InChI is InChI=1S/C11H12N3O2/c15-10-12-6-7-14(10)11(16)13-8-9-4-2-1-3-5-9/h1-5,8H,6-7H2,(H,12,15)(H,13,16). The summed E-state index contributed by atoms with van der Waals surface area (Å²) in [5, 5.41) is 5.13. The first-order valence-electron chi connectivity index (χ1n) is 5.01. The van der Waals surface area contributed by atoms with E-state index in [-0.39, 0.29) is 6.03 Å². The highest BCUT2D eigenvalue weighted by Gasteiger charge is 2.25. The number of hydrogen-bond donors (Lipinski definition) is 2. The van der Waals surface area contributed by atoms with Crippen molar-refractivity contribution < 1.29 is 9.59 Å². The predicted octanol–water partition coefficient (Wildman–Crippen LogP) is 0.931. The number of rotatable bonds is 2. The number of nitrogens with zero attached hydrogens (tertiary/aromatic N) is 1. The molecule has 1 aliphatic rings. The van der Waals surface area contributed by atoms with Gasteiger partial charge in [-0.1, -0.05) is 30.3 Å². The average molecular weight is 218 g/mol. The van der Waals surface area contributed by atoms with Crippen LogP contribution in [0.1, 0.15) is 5.56 Å². The van der Waals surface area contributed by atoms with Crippen molar-refractivity contribution in [3.8, 4) is 0 Å². The maximum atomic E-state index is 11.6. The zero-order valence-corrected chi connectivity index (χ0v) is 8.64. The second kappa shape index (κ2) is 4.65. The van der Waals surface area contributed by atoms with Gasteiger partial charge in [-0.2, -0.15) is 0 Å². The van der Waals surface area contributed by atoms with E-state index in [1.807, 2.05) is 30.3 Å². The maximum absolute atomic E-state index is 11.6. The molecule has 5 nitrogen and oxygen atoms in total. The first kappa shape index (κ1) is 10.5. The fourth-order valence-corrected chi connectivity index (χ4v) is 1.44. The molecule has 5 heteroatoms. The number of nitrogens with one attached hydrogen (secondary N) is 2. The van der Waals surface area contributed by atoms with E-state index in [1.165, 1.54) is 0 Å². The van der Waals surface area contributed by atoms with Gasteiger partial charge in [0.25, 0.3) is 0 Å². The third-order valence-corrected chi connectivity index (χ3v) is 2.26. The molecule has 1 aliphatic heterocycles. The Labute approximate surface area is 93.4 Å². The van der Waals surface area contributed by atoms with E-state index >= 15 is 0 Å². The lowest BCUT2D eigenvalue weighted by molar-refractivity contribution is 0.200. The summed E-state index contributed by atoms with van der Waals surface area (Å²) < 4.78 is 0. The number of carbonyl (C=O) groups excluding carboxylic acids is 2. The Morgan fingerprint density at radius 2 is 2.12 bits per heavy atom. The maximum Gasteiger partial charge on any atom is 0.326 e. The van der Waals surface area contributed by atoms with Crippen LogP contribution in [0, 0.1) is 6.54 Å². The van der Waals surface area contributed by atoms with Crippen LogP contribution in [0.5, 0.6) is 0 Å². The normalized spacial score (nSPS) is 14.8. The highest BCUT2D eigenvalue weighted by atomic mass is 16.2. The number of urea groups is 2. The smallest absolute Gasteiger partial charge is 0.326 e. The lowest BCUT2D eigenvalue weighted by Crippen LogP contribution is -2.40. The van der Waals surface area contributed by atoms with Crippen molar-refractivity contribution in [3.63, 3.8) is 0 Å². The molecule has 1 radical (unpaired) electrons. The third kappa shape index (κ3) is 2.31. The van der Waals surface area contributed by atoms with E-state index in [2.05, 4.69) is 10.6 Å². The largest absolute Gasteiger partial charge is 0.336 e. The molecule has 83 valence electrons. The Morgan fingerprint density at radius 1 is 1.38 bits per heavy atom. The van der Waals surface area contributed by atoms with Crippen LogP contribution in [0.4, 0.5) is 9.59 Å². The second-order valence-corrected chi connectivity index (χ2v) is 3.39. The van der Waals surface area contributed by atoms with Gasteiger partial charge in [0.1, 0.15) is 0 Å². The zero-order valence-electron chi connectivity index (χ0n) is 8.64. The van der Waals surface area contributed by atoms with Gasteiger partial charge in [0.2, 0.25) is 0 Å². The predicted molar refractivity (Wildman–Crippen MR) is 58.5 cm³/mol. The average Bonchev–Trinajstić information content (AvgIpc) is 2.74. The van der Waals surface area contributed by atoms with Crippen LogP contribution in [0.3, 0.4) is 0 Å². The summed E-state index contributed by atoms with van der Waals surface area (Å²) in [4.78, 5) is 23.9. The molecule has 1 heterocycles. The van der Waals surface area contributed by atoms with Gasteiger partial charge in [-0.15, -0.1) is 0 Å². The minimum absolute atomic E-state index is 0.348. The van der Waals surface area contributed by atoms with E-state index in [0.29, 0.717) is 13.1 Å². The van der Waals surface area contributed by atoms with E-state index in [1.54, 1.807) is 6.54 Å². The fraction of sp³-hybridized carbons (Fsp3) is 0.182. The lowest BCUT2D eigenvalue weighted by Gasteiger charge is -2.12. The number of carbonyl (C=O) groups is 2. The lowest BCUT2D eigenvalue weighted by atomic mass is 10.2. The molecule has 16 heavy (non-hydrogen) atoms. The molecule has 0 spiro atoms. The Kier molecular flexibility index (Phi) is 3.05. The molecule has 2 rings (SSSR count). The fourth-order valence-electron chi connectivity index (χ4n) is 1.44. The molecule has 1 saturated heterocycles. The summed E-state index contributed by atoms with van der Waals surface area (Å²) in [5.41, 5.74) is 0.885. The van der Waals surface area contributed by atoms with Crippen LogP contribution in [0.2, 0.25) is 0 Å². The SMILES string of the molecule is O=C(N[CH]c1ccccc1)N1CCNC1=O. The molecule has 0 aliphatic carbocycles. The topological polar surface area (TPSA) is 61.4 Å². The minimum atomic E-state index is -0.404. The molecule has 1 fully saturated rings. The van der Waals surface area contributed by atoms with Gasteiger partial charge in [0.05, 0.1) is 6.54 Å². The highest BCUT2D eigenvalue weighted by molar-refractivity contribution is 5.95. The van der Waals surface area contributed by atoms with Crippen LogP contribution < -0.4 is 10.6 Å². The van der Waals surface area contributed by atoms with Crippen molar-refractivity contribution in [2.24, 2.45) is 0 Å². The summed E-state index contributed by atoms with van der Waals surface area (Å²) in [7, 11) is 0. The molecular weight excluding hydrogens is 206 g/mol. The zero-order chi connectivity index (χ0) is 11.4. The first-order valence-corrected chi connectivity index (χ1v) is 5.01. The van der Waals surface area contributed by atoms with E-state index in [9.17, 15) is 9.59 Å². The Balaban J connectivity index is 1.86. The van der Waals surface area contributed by atoms with Crippen molar-refractivity contribution in [1.82, 2.24) is 15.5 Å². The molecule has 0 aromatic heterocycles. The molecule has 1 aromatic rings. The molecule has 1 aromatic carbocycles. The van der Waals surface area contributed by atoms with Crippen LogP contribution in [0.15, 0.2) is 30.3 Å². The highest BCUT2D eigenvalue weighted by Crippen LogP contribution is 2.01. The number of hydrogen-bond acceptors (Lipinski definition) is 2. The molecule has 0 atom stereocenters. The summed E-state index contributed by atoms with van der Waals surface area (Å²) in [6.45, 7) is 2.50. The quantitative estimate of drug-likeness (QED) is 0.775. The van der Waals surface area contributed by atoms with Gasteiger partial charge in [0, 0.05) is 13.1 Å². The molecule has 2 N–H and O–H groups in total. The van der Waals surface area contributed by atoms with Gasteiger partial charge in [-0.05, 0) is 5.56 Å². The van der Waals surface area contributed by atoms with Crippen molar-refractivity contribution >= 4 is 12.1 Å². The molecule has 0 bridgehead atoms. The van der Waals surface area contributed by atoms with Crippen molar-refractivity contribution in [3.05, 3.63) is 42.4 Å². The number of amides is 4. The Morgan fingerprint density at radius 3 is 2.75 bits per heavy atom. The summed E-state index contributed by atoms with van der Waals surface area (Å²) >= 11 is 0. The molecule has 4 amide bonds. The summed E-state index contributed by atoms with van der Waals surface area (Å²) in [5.74, 6) is 0. The Bertz CT molecular complexity index is 391. The van der Waals surface area contributed by atoms with Crippen LogP contribution in [-0.4, -0.2) is 30.1 Å². The van der Waals surface area contributed by atoms with Crippen molar-refractivity contribution in [1.29, 1.82) is 0 Å². The Hall–Kier alpha value is -2.04. The molecule has 0 unspecified atom stereocenters.